The lowest BCUT2D eigenvalue weighted by molar-refractivity contribution is -0.188. The van der Waals surface area contributed by atoms with Gasteiger partial charge in [0.05, 0.1) is 19.3 Å². The summed E-state index contributed by atoms with van der Waals surface area (Å²) in [6.07, 6.45) is 46.8. The summed E-state index contributed by atoms with van der Waals surface area (Å²) in [5, 5.41) is 0. The first-order valence-electron chi connectivity index (χ1n) is 24.5. The highest BCUT2D eigenvalue weighted by molar-refractivity contribution is 5.60. The Balaban J connectivity index is 2.15. The van der Waals surface area contributed by atoms with Gasteiger partial charge in [0.2, 0.25) is 0 Å². The molecule has 0 radical (unpaired) electrons. The van der Waals surface area contributed by atoms with Crippen molar-refractivity contribution in [2.24, 2.45) is 0 Å². The van der Waals surface area contributed by atoms with Gasteiger partial charge in [-0.1, -0.05) is 174 Å². The lowest BCUT2D eigenvalue weighted by Crippen LogP contribution is -2.27. The van der Waals surface area contributed by atoms with E-state index in [0.717, 1.165) is 71.1 Å². The van der Waals surface area contributed by atoms with Crippen LogP contribution in [0, 0.1) is 0 Å². The molecular weight excluding hydrogens is 699 g/mol. The smallest absolute Gasteiger partial charge is 0.434 e. The largest absolute Gasteiger partial charge is 0.508 e. The average Bonchev–Trinajstić information content (AvgIpc) is 3.19. The Kier molecular flexibility index (Phi) is 39.6. The molecule has 332 valence electrons. The number of carbonyl (C=O) groups excluding carboxylic acids is 1. The zero-order valence-electron chi connectivity index (χ0n) is 37.9. The van der Waals surface area contributed by atoms with Gasteiger partial charge >= 0.3 is 6.16 Å². The van der Waals surface area contributed by atoms with Gasteiger partial charge in [0.15, 0.2) is 6.29 Å². The van der Waals surface area contributed by atoms with Gasteiger partial charge in [-0.3, -0.25) is 0 Å². The van der Waals surface area contributed by atoms with Gasteiger partial charge in [-0.15, -0.1) is 0 Å². The number of hydrogen-bond donors (Lipinski definition) is 0. The average molecular weight is 794 g/mol. The molecule has 0 amide bonds. The Bertz CT molecular complexity index is 831. The number of carbonyl (C=O) groups is 1. The van der Waals surface area contributed by atoms with Crippen LogP contribution < -0.4 is 0 Å². The Hall–Kier alpha value is -1.15. The van der Waals surface area contributed by atoms with Gasteiger partial charge < -0.3 is 28.6 Å². The quantitative estimate of drug-likeness (QED) is 0.0346. The van der Waals surface area contributed by atoms with E-state index in [1.807, 2.05) is 14.1 Å². The second-order valence-corrected chi connectivity index (χ2v) is 17.2. The molecule has 0 aromatic rings. The fourth-order valence-corrected chi connectivity index (χ4v) is 7.63. The number of hydrogen-bond acceptors (Lipinski definition) is 7. The Morgan fingerprint density at radius 3 is 1.73 bits per heavy atom. The maximum absolute atomic E-state index is 12.4. The van der Waals surface area contributed by atoms with Crippen molar-refractivity contribution in [2.45, 2.75) is 251 Å². The van der Waals surface area contributed by atoms with Crippen molar-refractivity contribution in [1.82, 2.24) is 4.90 Å². The van der Waals surface area contributed by atoms with Crippen LogP contribution in [0.3, 0.4) is 0 Å². The minimum atomic E-state index is -0.548. The van der Waals surface area contributed by atoms with E-state index >= 15 is 0 Å². The lowest BCUT2D eigenvalue weighted by Gasteiger charge is -2.27. The molecule has 1 aliphatic rings. The summed E-state index contributed by atoms with van der Waals surface area (Å²) in [7, 11) is 4.06. The van der Waals surface area contributed by atoms with Crippen LogP contribution in [0.5, 0.6) is 0 Å². The fraction of sp³-hybridized carbons (Fsp3) is 0.939. The fourth-order valence-electron chi connectivity index (χ4n) is 7.63. The number of ether oxygens (including phenoxy) is 5. The van der Waals surface area contributed by atoms with Crippen molar-refractivity contribution < 1.29 is 28.5 Å². The third-order valence-electron chi connectivity index (χ3n) is 11.3. The first-order chi connectivity index (χ1) is 27.5. The van der Waals surface area contributed by atoms with Crippen molar-refractivity contribution in [2.75, 3.05) is 47.1 Å². The van der Waals surface area contributed by atoms with Gasteiger partial charge in [-0.2, -0.15) is 0 Å². The molecule has 56 heavy (non-hydrogen) atoms. The van der Waals surface area contributed by atoms with Gasteiger partial charge in [-0.05, 0) is 84.7 Å². The molecule has 1 rings (SSSR count). The maximum atomic E-state index is 12.4. The molecule has 0 saturated carbocycles. The van der Waals surface area contributed by atoms with Crippen molar-refractivity contribution >= 4 is 6.16 Å². The molecule has 1 heterocycles. The van der Waals surface area contributed by atoms with E-state index in [1.54, 1.807) is 0 Å². The Morgan fingerprint density at radius 2 is 1.16 bits per heavy atom. The molecule has 0 aliphatic carbocycles. The summed E-state index contributed by atoms with van der Waals surface area (Å²) in [5.41, 5.74) is 0. The van der Waals surface area contributed by atoms with Crippen LogP contribution in [0.15, 0.2) is 12.2 Å². The third kappa shape index (κ3) is 37.1. The highest BCUT2D eigenvalue weighted by Crippen LogP contribution is 2.21. The standard InChI is InChI=1S/C49H95NO6/c1-5-7-9-11-12-13-14-15-16-17-18-19-21-25-28-32-39-47(56-49(51)54-44-36-41-50(3)4)45-52-42-34-29-26-23-20-22-24-27-31-38-46(37-30-10-8-6-2)55-48-40-33-35-43-53-48/h27,31,46-48H,5-26,28-30,32-45H2,1-4H3/b31-27-/t46-,47?,48?/m1/s1. The number of rotatable bonds is 42. The molecule has 0 aromatic carbocycles. The van der Waals surface area contributed by atoms with E-state index in [9.17, 15) is 4.79 Å². The van der Waals surface area contributed by atoms with Crippen LogP contribution in [0.4, 0.5) is 4.79 Å². The topological polar surface area (TPSA) is 66.5 Å². The Morgan fingerprint density at radius 1 is 0.625 bits per heavy atom. The molecule has 1 saturated heterocycles. The van der Waals surface area contributed by atoms with Crippen LogP contribution in [0.2, 0.25) is 0 Å². The van der Waals surface area contributed by atoms with Crippen LogP contribution in [0.25, 0.3) is 0 Å². The van der Waals surface area contributed by atoms with E-state index in [-0.39, 0.29) is 12.4 Å². The van der Waals surface area contributed by atoms with Gasteiger partial charge in [0, 0.05) is 19.8 Å². The van der Waals surface area contributed by atoms with Crippen LogP contribution in [-0.2, 0) is 23.7 Å². The molecule has 0 aromatic heterocycles. The van der Waals surface area contributed by atoms with Crippen molar-refractivity contribution in [3.63, 3.8) is 0 Å². The highest BCUT2D eigenvalue weighted by atomic mass is 16.7. The number of allylic oxidation sites excluding steroid dienone is 1. The molecule has 0 spiro atoms. The predicted molar refractivity (Wildman–Crippen MR) is 238 cm³/mol. The molecule has 7 heteroatoms. The molecule has 0 bridgehead atoms. The van der Waals surface area contributed by atoms with Gasteiger partial charge in [0.25, 0.3) is 0 Å². The summed E-state index contributed by atoms with van der Waals surface area (Å²) in [6, 6.07) is 0. The van der Waals surface area contributed by atoms with Crippen molar-refractivity contribution in [3.8, 4) is 0 Å². The second-order valence-electron chi connectivity index (χ2n) is 17.2. The van der Waals surface area contributed by atoms with Crippen molar-refractivity contribution in [3.05, 3.63) is 12.2 Å². The van der Waals surface area contributed by atoms with E-state index in [4.69, 9.17) is 23.7 Å². The summed E-state index contributed by atoms with van der Waals surface area (Å²) in [4.78, 5) is 14.5. The zero-order chi connectivity index (χ0) is 40.4. The molecule has 7 nitrogen and oxygen atoms in total. The predicted octanol–water partition coefficient (Wildman–Crippen LogP) is 14.7. The van der Waals surface area contributed by atoms with Gasteiger partial charge in [-0.25, -0.2) is 4.79 Å². The highest BCUT2D eigenvalue weighted by Gasteiger charge is 2.19. The first-order valence-corrected chi connectivity index (χ1v) is 24.5. The zero-order valence-corrected chi connectivity index (χ0v) is 37.9. The molecule has 3 atom stereocenters. The van der Waals surface area contributed by atoms with E-state index < -0.39 is 6.16 Å². The first kappa shape index (κ1) is 52.9. The number of unbranched alkanes of at least 4 members (excludes halogenated alkanes) is 24. The summed E-state index contributed by atoms with van der Waals surface area (Å²) < 4.78 is 29.4. The number of nitrogens with zero attached hydrogens (tertiary/aromatic N) is 1. The molecule has 2 unspecified atom stereocenters. The minimum absolute atomic E-state index is 0.00819. The summed E-state index contributed by atoms with van der Waals surface area (Å²) >= 11 is 0. The van der Waals surface area contributed by atoms with Crippen LogP contribution >= 0.6 is 0 Å². The molecular formula is C49H95NO6. The normalized spacial score (nSPS) is 15.8. The molecule has 0 N–H and O–H groups in total. The second kappa shape index (κ2) is 42.0. The maximum Gasteiger partial charge on any atom is 0.508 e. The van der Waals surface area contributed by atoms with Crippen molar-refractivity contribution in [1.29, 1.82) is 0 Å². The van der Waals surface area contributed by atoms with Gasteiger partial charge in [0.1, 0.15) is 6.10 Å². The summed E-state index contributed by atoms with van der Waals surface area (Å²) in [5.74, 6) is 0. The monoisotopic (exact) mass is 794 g/mol. The van der Waals surface area contributed by atoms with E-state index in [1.165, 1.54) is 167 Å². The van der Waals surface area contributed by atoms with E-state index in [2.05, 4.69) is 30.9 Å². The van der Waals surface area contributed by atoms with E-state index in [0.29, 0.717) is 19.3 Å². The minimum Gasteiger partial charge on any atom is -0.434 e. The third-order valence-corrected chi connectivity index (χ3v) is 11.3. The Labute approximate surface area is 348 Å². The molecule has 1 aliphatic heterocycles. The van der Waals surface area contributed by atoms with Crippen LogP contribution in [-0.4, -0.2) is 76.6 Å². The molecule has 1 fully saturated rings. The van der Waals surface area contributed by atoms with Crippen LogP contribution in [0.1, 0.15) is 232 Å². The lowest BCUT2D eigenvalue weighted by atomic mass is 10.0. The summed E-state index contributed by atoms with van der Waals surface area (Å²) in [6.45, 7) is 7.89. The SMILES string of the molecule is CCCCCCCCCCCCCCCCCCC(COCCCCCCCC/C=C\C[C@@H](CCCCCC)OC1CCCCO1)OC(=O)OCCCN(C)C.